The van der Waals surface area contributed by atoms with E-state index in [1.807, 2.05) is 25.1 Å². The molecule has 4 heteroatoms. The smallest absolute Gasteiger partial charge is 0.338 e. The lowest BCUT2D eigenvalue weighted by Gasteiger charge is -2.27. The van der Waals surface area contributed by atoms with E-state index in [2.05, 4.69) is 19.1 Å². The van der Waals surface area contributed by atoms with Crippen LogP contribution in [0.3, 0.4) is 0 Å². The molecule has 0 saturated heterocycles. The molecule has 4 nitrogen and oxygen atoms in total. The summed E-state index contributed by atoms with van der Waals surface area (Å²) < 4.78 is 0. The summed E-state index contributed by atoms with van der Waals surface area (Å²) in [6.45, 7) is 3.90. The summed E-state index contributed by atoms with van der Waals surface area (Å²) in [4.78, 5) is 11.0. The number of nitrogens with two attached hydrogens (primary N) is 1. The van der Waals surface area contributed by atoms with E-state index in [0.717, 1.165) is 6.42 Å². The Hall–Kier alpha value is -1.55. The molecular formula is C13H18N2O2. The van der Waals surface area contributed by atoms with Gasteiger partial charge in [-0.05, 0) is 30.2 Å². The summed E-state index contributed by atoms with van der Waals surface area (Å²) in [6, 6.07) is 9.08. The number of hydrogen-bond acceptors (Lipinski definition) is 2. The molecule has 1 aromatic rings. The van der Waals surface area contributed by atoms with Crippen molar-refractivity contribution in [1.29, 1.82) is 0 Å². The Morgan fingerprint density at radius 2 is 2.12 bits per heavy atom. The first-order chi connectivity index (χ1) is 7.97. The van der Waals surface area contributed by atoms with E-state index < -0.39 is 6.03 Å². The van der Waals surface area contributed by atoms with Crippen molar-refractivity contribution in [2.45, 2.75) is 32.2 Å². The van der Waals surface area contributed by atoms with Crippen LogP contribution in [-0.4, -0.2) is 22.3 Å². The van der Waals surface area contributed by atoms with Gasteiger partial charge in [0.1, 0.15) is 0 Å². The van der Waals surface area contributed by atoms with E-state index in [-0.39, 0.29) is 11.5 Å². The minimum atomic E-state index is -0.794. The lowest BCUT2D eigenvalue weighted by molar-refractivity contribution is -0.0887. The Balaban J connectivity index is 2.12. The van der Waals surface area contributed by atoms with E-state index in [1.54, 1.807) is 0 Å². The first-order valence-electron chi connectivity index (χ1n) is 5.79. The van der Waals surface area contributed by atoms with Crippen molar-refractivity contribution in [1.82, 2.24) is 5.06 Å². The van der Waals surface area contributed by atoms with Crippen molar-refractivity contribution in [2.75, 3.05) is 0 Å². The Morgan fingerprint density at radius 1 is 1.53 bits per heavy atom. The van der Waals surface area contributed by atoms with E-state index in [0.29, 0.717) is 11.0 Å². The van der Waals surface area contributed by atoms with Gasteiger partial charge in [0.25, 0.3) is 0 Å². The number of carbonyl (C=O) groups is 1. The average molecular weight is 234 g/mol. The molecule has 0 aliphatic heterocycles. The zero-order valence-electron chi connectivity index (χ0n) is 10.1. The van der Waals surface area contributed by atoms with Gasteiger partial charge in [-0.1, -0.05) is 37.3 Å². The van der Waals surface area contributed by atoms with Crippen molar-refractivity contribution in [3.05, 3.63) is 35.9 Å². The summed E-state index contributed by atoms with van der Waals surface area (Å²) in [5, 5.41) is 10.2. The van der Waals surface area contributed by atoms with Gasteiger partial charge in [-0.25, -0.2) is 9.86 Å². The third-order valence-corrected chi connectivity index (χ3v) is 4.03. The molecule has 1 aliphatic carbocycles. The maximum absolute atomic E-state index is 11.0. The molecule has 0 bridgehead atoms. The first-order valence-corrected chi connectivity index (χ1v) is 5.79. The van der Waals surface area contributed by atoms with E-state index in [4.69, 9.17) is 5.73 Å². The molecule has 0 heterocycles. The van der Waals surface area contributed by atoms with E-state index >= 15 is 0 Å². The zero-order chi connectivity index (χ0) is 12.6. The second kappa shape index (κ2) is 4.04. The molecule has 3 N–H and O–H groups in total. The molecule has 92 valence electrons. The molecule has 3 atom stereocenters. The minimum Gasteiger partial charge on any atom is -0.350 e. The minimum absolute atomic E-state index is 0.0921. The number of hydroxylamine groups is 2. The van der Waals surface area contributed by atoms with E-state index in [1.165, 1.54) is 5.56 Å². The molecule has 2 rings (SSSR count). The van der Waals surface area contributed by atoms with Crippen LogP contribution in [0.1, 0.15) is 31.7 Å². The molecule has 0 spiro atoms. The number of hydrogen-bond donors (Lipinski definition) is 2. The average Bonchev–Trinajstić information content (AvgIpc) is 3.02. The van der Waals surface area contributed by atoms with Gasteiger partial charge in [-0.2, -0.15) is 0 Å². The number of urea groups is 1. The van der Waals surface area contributed by atoms with Crippen molar-refractivity contribution < 1.29 is 10.0 Å². The van der Waals surface area contributed by atoms with Crippen LogP contribution in [0, 0.1) is 5.41 Å². The fourth-order valence-electron chi connectivity index (χ4n) is 2.50. The second-order valence-electron chi connectivity index (χ2n) is 5.03. The molecule has 1 aliphatic rings. The summed E-state index contributed by atoms with van der Waals surface area (Å²) in [5.41, 5.74) is 6.24. The first kappa shape index (κ1) is 11.9. The number of nitrogens with zero attached hydrogens (tertiary/aromatic N) is 1. The summed E-state index contributed by atoms with van der Waals surface area (Å²) in [5.74, 6) is 0.382. The Labute approximate surface area is 101 Å². The predicted molar refractivity (Wildman–Crippen MR) is 64.6 cm³/mol. The third-order valence-electron chi connectivity index (χ3n) is 4.03. The van der Waals surface area contributed by atoms with Gasteiger partial charge in [0, 0.05) is 0 Å². The van der Waals surface area contributed by atoms with Crippen molar-refractivity contribution in [3.8, 4) is 0 Å². The zero-order valence-corrected chi connectivity index (χ0v) is 10.1. The largest absolute Gasteiger partial charge is 0.350 e. The highest BCUT2D eigenvalue weighted by atomic mass is 16.5. The van der Waals surface area contributed by atoms with Crippen molar-refractivity contribution >= 4 is 6.03 Å². The van der Waals surface area contributed by atoms with Crippen LogP contribution < -0.4 is 5.73 Å². The topological polar surface area (TPSA) is 66.6 Å². The van der Waals surface area contributed by atoms with Gasteiger partial charge in [-0.15, -0.1) is 0 Å². The fraction of sp³-hybridized carbons (Fsp3) is 0.462. The molecule has 1 fully saturated rings. The van der Waals surface area contributed by atoms with Crippen molar-refractivity contribution in [3.63, 3.8) is 0 Å². The highest BCUT2D eigenvalue weighted by Crippen LogP contribution is 2.61. The monoisotopic (exact) mass is 234 g/mol. The molecule has 17 heavy (non-hydrogen) atoms. The predicted octanol–water partition coefficient (Wildman–Crippen LogP) is 2.34. The second-order valence-corrected chi connectivity index (χ2v) is 5.03. The fourth-order valence-corrected chi connectivity index (χ4v) is 2.50. The molecule has 1 unspecified atom stereocenters. The molecular weight excluding hydrogens is 216 g/mol. The molecule has 0 radical (unpaired) electrons. The normalized spacial score (nSPS) is 28.5. The SMILES string of the molecule is CC(N(O)C(N)=O)[C@]1(C)C[C@H]1c1ccccc1. The highest BCUT2D eigenvalue weighted by Gasteiger charge is 2.56. The van der Waals surface area contributed by atoms with Gasteiger partial charge in [0.2, 0.25) is 0 Å². The summed E-state index contributed by atoms with van der Waals surface area (Å²) >= 11 is 0. The summed E-state index contributed by atoms with van der Waals surface area (Å²) in [7, 11) is 0. The number of benzene rings is 1. The quantitative estimate of drug-likeness (QED) is 0.622. The number of primary amides is 1. The van der Waals surface area contributed by atoms with Crippen LogP contribution in [-0.2, 0) is 0 Å². The lowest BCUT2D eigenvalue weighted by atomic mass is 9.94. The molecule has 2 amide bonds. The lowest BCUT2D eigenvalue weighted by Crippen LogP contribution is -2.44. The van der Waals surface area contributed by atoms with Crippen LogP contribution in [0.25, 0.3) is 0 Å². The van der Waals surface area contributed by atoms with E-state index in [9.17, 15) is 10.0 Å². The third kappa shape index (κ3) is 2.00. The maximum Gasteiger partial charge on any atom is 0.338 e. The van der Waals surface area contributed by atoms with Gasteiger partial charge < -0.3 is 5.73 Å². The van der Waals surface area contributed by atoms with Gasteiger partial charge in [0.05, 0.1) is 6.04 Å². The van der Waals surface area contributed by atoms with Gasteiger partial charge in [-0.3, -0.25) is 5.21 Å². The van der Waals surface area contributed by atoms with Crippen molar-refractivity contribution in [2.24, 2.45) is 11.1 Å². The van der Waals surface area contributed by atoms with Crippen LogP contribution in [0.15, 0.2) is 30.3 Å². The van der Waals surface area contributed by atoms with Gasteiger partial charge in [0.15, 0.2) is 0 Å². The number of carbonyl (C=O) groups excluding carboxylic acids is 1. The van der Waals surface area contributed by atoms with Crippen LogP contribution in [0.5, 0.6) is 0 Å². The number of rotatable bonds is 3. The summed E-state index contributed by atoms with van der Waals surface area (Å²) in [6.07, 6.45) is 0.961. The molecule has 1 saturated carbocycles. The van der Waals surface area contributed by atoms with Crippen LogP contribution in [0.2, 0.25) is 0 Å². The molecule has 1 aromatic carbocycles. The molecule has 0 aromatic heterocycles. The Morgan fingerprint density at radius 3 is 2.65 bits per heavy atom. The highest BCUT2D eigenvalue weighted by molar-refractivity contribution is 5.71. The Bertz CT molecular complexity index is 421. The van der Waals surface area contributed by atoms with Crippen LogP contribution >= 0.6 is 0 Å². The standard InChI is InChI=1S/C13H18N2O2/c1-9(15(17)12(14)16)13(2)8-11(13)10-6-4-3-5-7-10/h3-7,9,11,17H,8H2,1-2H3,(H2,14,16)/t9?,11-,13-/m0/s1. The van der Waals surface area contributed by atoms with Crippen LogP contribution in [0.4, 0.5) is 4.79 Å². The maximum atomic E-state index is 11.0. The Kier molecular flexibility index (Phi) is 2.83. The number of amides is 2. The van der Waals surface area contributed by atoms with Gasteiger partial charge >= 0.3 is 6.03 Å².